The molecule has 1 aliphatic rings. The van der Waals surface area contributed by atoms with Crippen LogP contribution in [0.1, 0.15) is 50.8 Å². The summed E-state index contributed by atoms with van der Waals surface area (Å²) in [6.45, 7) is 3.65. The molecule has 31 heavy (non-hydrogen) atoms. The van der Waals surface area contributed by atoms with Crippen LogP contribution in [0.5, 0.6) is 5.75 Å². The van der Waals surface area contributed by atoms with Crippen molar-refractivity contribution in [2.24, 2.45) is 0 Å². The number of aromatic nitrogens is 2. The monoisotopic (exact) mass is 421 g/mol. The van der Waals surface area contributed by atoms with Crippen LogP contribution in [0.15, 0.2) is 53.1 Å². The van der Waals surface area contributed by atoms with Crippen LogP contribution < -0.4 is 4.74 Å². The zero-order chi connectivity index (χ0) is 21.6. The summed E-state index contributed by atoms with van der Waals surface area (Å²) >= 11 is 0. The van der Waals surface area contributed by atoms with Gasteiger partial charge in [-0.05, 0) is 54.8 Å². The molecule has 0 atom stereocenters. The Kier molecular flexibility index (Phi) is 6.26. The van der Waals surface area contributed by atoms with E-state index in [0.29, 0.717) is 28.6 Å². The van der Waals surface area contributed by atoms with Gasteiger partial charge in [0.15, 0.2) is 6.61 Å². The molecule has 0 saturated carbocycles. The molecule has 1 saturated heterocycles. The molecule has 0 bridgehead atoms. The first-order chi connectivity index (χ1) is 15.1. The van der Waals surface area contributed by atoms with E-state index in [1.54, 1.807) is 43.3 Å². The number of benzene rings is 2. The topological polar surface area (TPSA) is 94.8 Å². The number of aryl methyl sites for hydroxylation is 1. The fourth-order valence-electron chi connectivity index (χ4n) is 3.31. The zero-order valence-corrected chi connectivity index (χ0v) is 17.2. The average Bonchev–Trinajstić information content (AvgIpc) is 3.48. The average molecular weight is 421 g/mol. The van der Waals surface area contributed by atoms with Crippen molar-refractivity contribution in [1.29, 1.82) is 0 Å². The maximum atomic E-state index is 12.4. The van der Waals surface area contributed by atoms with Gasteiger partial charge in [0, 0.05) is 25.6 Å². The highest BCUT2D eigenvalue weighted by atomic mass is 16.5. The maximum absolute atomic E-state index is 12.4. The van der Waals surface area contributed by atoms with Crippen molar-refractivity contribution < 1.29 is 23.6 Å². The number of ether oxygens (including phenoxy) is 2. The second-order valence-electron chi connectivity index (χ2n) is 7.32. The summed E-state index contributed by atoms with van der Waals surface area (Å²) in [5, 5.41) is 3.76. The number of hydrogen-bond donors (Lipinski definition) is 0. The smallest absolute Gasteiger partial charge is 0.338 e. The molecular weight excluding hydrogens is 398 g/mol. The van der Waals surface area contributed by atoms with Gasteiger partial charge in [0.2, 0.25) is 11.7 Å². The molecule has 2 aromatic carbocycles. The summed E-state index contributed by atoms with van der Waals surface area (Å²) in [5.74, 6) is 1.13. The van der Waals surface area contributed by atoms with E-state index >= 15 is 0 Å². The lowest BCUT2D eigenvalue weighted by Crippen LogP contribution is -2.27. The zero-order valence-electron chi connectivity index (χ0n) is 17.2. The van der Waals surface area contributed by atoms with Crippen LogP contribution in [-0.2, 0) is 18.0 Å². The number of carbonyl (C=O) groups excluding carboxylic acids is 2. The maximum Gasteiger partial charge on any atom is 0.338 e. The molecule has 2 heterocycles. The molecule has 1 aromatic heterocycles. The molecular formula is C23H23N3O5. The first-order valence-electron chi connectivity index (χ1n) is 10.2. The minimum absolute atomic E-state index is 0.0535. The molecule has 8 heteroatoms. The summed E-state index contributed by atoms with van der Waals surface area (Å²) < 4.78 is 15.8. The van der Waals surface area contributed by atoms with Crippen LogP contribution in [0.4, 0.5) is 0 Å². The quantitative estimate of drug-likeness (QED) is 0.539. The predicted molar refractivity (Wildman–Crippen MR) is 111 cm³/mol. The minimum Gasteiger partial charge on any atom is -0.485 e. The lowest BCUT2D eigenvalue weighted by molar-refractivity contribution is 0.0472. The third-order valence-electron chi connectivity index (χ3n) is 4.99. The highest BCUT2D eigenvalue weighted by Gasteiger charge is 2.19. The molecule has 1 fully saturated rings. The van der Waals surface area contributed by atoms with Gasteiger partial charge in [-0.2, -0.15) is 4.98 Å². The Morgan fingerprint density at radius 1 is 0.968 bits per heavy atom. The van der Waals surface area contributed by atoms with Crippen LogP contribution in [0.25, 0.3) is 0 Å². The van der Waals surface area contributed by atoms with Crippen molar-refractivity contribution in [3.05, 3.63) is 76.9 Å². The lowest BCUT2D eigenvalue weighted by atomic mass is 10.1. The number of nitrogens with zero attached hydrogens (tertiary/aromatic N) is 3. The highest BCUT2D eigenvalue weighted by molar-refractivity contribution is 5.94. The minimum atomic E-state index is -0.433. The van der Waals surface area contributed by atoms with Gasteiger partial charge in [-0.15, -0.1) is 0 Å². The van der Waals surface area contributed by atoms with Gasteiger partial charge in [-0.1, -0.05) is 17.3 Å². The Bertz CT molecular complexity index is 1040. The van der Waals surface area contributed by atoms with Crippen molar-refractivity contribution >= 4 is 11.9 Å². The summed E-state index contributed by atoms with van der Waals surface area (Å²) in [6.07, 6.45) is 2.12. The van der Waals surface area contributed by atoms with Gasteiger partial charge in [0.1, 0.15) is 12.4 Å². The Morgan fingerprint density at radius 3 is 2.29 bits per heavy atom. The van der Waals surface area contributed by atoms with Gasteiger partial charge in [0.25, 0.3) is 5.91 Å². The van der Waals surface area contributed by atoms with Crippen molar-refractivity contribution in [2.45, 2.75) is 33.0 Å². The van der Waals surface area contributed by atoms with Gasteiger partial charge >= 0.3 is 5.97 Å². The van der Waals surface area contributed by atoms with E-state index < -0.39 is 5.97 Å². The van der Waals surface area contributed by atoms with Crippen LogP contribution in [0.3, 0.4) is 0 Å². The number of esters is 1. The van der Waals surface area contributed by atoms with E-state index in [0.717, 1.165) is 31.5 Å². The Morgan fingerprint density at radius 2 is 1.65 bits per heavy atom. The van der Waals surface area contributed by atoms with E-state index in [1.165, 1.54) is 0 Å². The van der Waals surface area contributed by atoms with Crippen LogP contribution in [-0.4, -0.2) is 40.0 Å². The second-order valence-corrected chi connectivity index (χ2v) is 7.32. The van der Waals surface area contributed by atoms with Gasteiger partial charge in [-0.3, -0.25) is 4.79 Å². The summed E-state index contributed by atoms with van der Waals surface area (Å²) in [4.78, 5) is 30.6. The fourth-order valence-corrected chi connectivity index (χ4v) is 3.31. The number of amides is 1. The van der Waals surface area contributed by atoms with E-state index in [1.807, 2.05) is 17.0 Å². The molecule has 0 radical (unpaired) electrons. The number of likely N-dealkylation sites (tertiary alicyclic amines) is 1. The SMILES string of the molecule is Cc1nc(COc2ccc(C(=O)OCc3ccc(C(=O)N4CCCC4)cc3)cc2)no1. The van der Waals surface area contributed by atoms with E-state index in [4.69, 9.17) is 14.0 Å². The molecule has 1 amide bonds. The normalized spacial score (nSPS) is 13.3. The van der Waals surface area contributed by atoms with Crippen LogP contribution in [0.2, 0.25) is 0 Å². The molecule has 160 valence electrons. The standard InChI is InChI=1S/C23H23N3O5/c1-16-24-21(25-31-16)15-29-20-10-8-19(9-11-20)23(28)30-14-17-4-6-18(7-5-17)22(27)26-12-2-3-13-26/h4-11H,2-3,12-15H2,1H3. The predicted octanol–water partition coefficient (Wildman–Crippen LogP) is 3.55. The van der Waals surface area contributed by atoms with Crippen molar-refractivity contribution in [3.8, 4) is 5.75 Å². The number of hydrogen-bond acceptors (Lipinski definition) is 7. The largest absolute Gasteiger partial charge is 0.485 e. The molecule has 0 N–H and O–H groups in total. The van der Waals surface area contributed by atoms with Crippen LogP contribution in [0, 0.1) is 6.92 Å². The second kappa shape index (κ2) is 9.42. The van der Waals surface area contributed by atoms with Gasteiger partial charge in [0.05, 0.1) is 5.56 Å². The van der Waals surface area contributed by atoms with Gasteiger partial charge < -0.3 is 18.9 Å². The number of carbonyl (C=O) groups is 2. The molecule has 1 aliphatic heterocycles. The molecule has 8 nitrogen and oxygen atoms in total. The third kappa shape index (κ3) is 5.28. The molecule has 0 spiro atoms. The highest BCUT2D eigenvalue weighted by Crippen LogP contribution is 2.16. The first kappa shape index (κ1) is 20.6. The molecule has 3 aromatic rings. The molecule has 4 rings (SSSR count). The lowest BCUT2D eigenvalue weighted by Gasteiger charge is -2.15. The number of rotatable bonds is 7. The van der Waals surface area contributed by atoms with Crippen molar-refractivity contribution in [3.63, 3.8) is 0 Å². The van der Waals surface area contributed by atoms with E-state index in [-0.39, 0.29) is 19.1 Å². The fraction of sp³-hybridized carbons (Fsp3) is 0.304. The molecule has 0 aliphatic carbocycles. The summed E-state index contributed by atoms with van der Waals surface area (Å²) in [5.41, 5.74) is 1.90. The Labute approximate surface area is 179 Å². The van der Waals surface area contributed by atoms with Gasteiger partial charge in [-0.25, -0.2) is 4.79 Å². The van der Waals surface area contributed by atoms with Crippen LogP contribution >= 0.6 is 0 Å². The van der Waals surface area contributed by atoms with Crippen molar-refractivity contribution in [2.75, 3.05) is 13.1 Å². The van der Waals surface area contributed by atoms with Crippen molar-refractivity contribution in [1.82, 2.24) is 15.0 Å². The Hall–Kier alpha value is -3.68. The first-order valence-corrected chi connectivity index (χ1v) is 10.2. The Balaban J connectivity index is 1.26. The molecule has 0 unspecified atom stereocenters. The third-order valence-corrected chi connectivity index (χ3v) is 4.99. The van der Waals surface area contributed by atoms with E-state index in [9.17, 15) is 9.59 Å². The van der Waals surface area contributed by atoms with E-state index in [2.05, 4.69) is 10.1 Å². The summed E-state index contributed by atoms with van der Waals surface area (Å²) in [6, 6.07) is 13.8. The summed E-state index contributed by atoms with van der Waals surface area (Å²) in [7, 11) is 0.